The van der Waals surface area contributed by atoms with Gasteiger partial charge >= 0.3 is 0 Å². The molecular formula is C16H15N3. The zero-order valence-corrected chi connectivity index (χ0v) is 10.8. The molecule has 3 aromatic rings. The maximum absolute atomic E-state index is 4.30. The van der Waals surface area contributed by atoms with Crippen LogP contribution in [-0.4, -0.2) is 15.0 Å². The van der Waals surface area contributed by atoms with Crippen LogP contribution in [0.3, 0.4) is 0 Å². The van der Waals surface area contributed by atoms with Crippen LogP contribution in [-0.2, 0) is 13.5 Å². The minimum absolute atomic E-state index is 0.804. The number of rotatable bonds is 3. The van der Waals surface area contributed by atoms with Gasteiger partial charge in [-0.3, -0.25) is 0 Å². The van der Waals surface area contributed by atoms with E-state index in [1.165, 1.54) is 5.56 Å². The van der Waals surface area contributed by atoms with Gasteiger partial charge in [-0.05, 0) is 5.56 Å². The second-order valence-corrected chi connectivity index (χ2v) is 4.54. The van der Waals surface area contributed by atoms with Gasteiger partial charge in [0, 0.05) is 19.0 Å². The first-order valence-corrected chi connectivity index (χ1v) is 6.32. The van der Waals surface area contributed by atoms with Crippen molar-refractivity contribution < 1.29 is 0 Å². The van der Waals surface area contributed by atoms with Crippen molar-refractivity contribution in [3.05, 3.63) is 71.9 Å². The lowest BCUT2D eigenvalue weighted by atomic mass is 10.0. The Labute approximate surface area is 112 Å². The van der Waals surface area contributed by atoms with Gasteiger partial charge in [-0.2, -0.15) is 0 Å². The summed E-state index contributed by atoms with van der Waals surface area (Å²) in [4.78, 5) is 0. The summed E-state index contributed by atoms with van der Waals surface area (Å²) in [6.45, 7) is 0. The maximum atomic E-state index is 4.30. The van der Waals surface area contributed by atoms with Crippen LogP contribution in [0.5, 0.6) is 0 Å². The van der Waals surface area contributed by atoms with Gasteiger partial charge in [0.05, 0.1) is 11.4 Å². The molecule has 0 spiro atoms. The van der Waals surface area contributed by atoms with E-state index in [0.29, 0.717) is 0 Å². The van der Waals surface area contributed by atoms with Crippen LogP contribution in [0.4, 0.5) is 0 Å². The molecule has 0 saturated heterocycles. The third-order valence-electron chi connectivity index (χ3n) is 3.16. The normalized spacial score (nSPS) is 10.6. The van der Waals surface area contributed by atoms with Crippen molar-refractivity contribution in [1.82, 2.24) is 15.0 Å². The highest BCUT2D eigenvalue weighted by Crippen LogP contribution is 2.23. The molecule has 0 N–H and O–H groups in total. The summed E-state index contributed by atoms with van der Waals surface area (Å²) in [6.07, 6.45) is 0.804. The van der Waals surface area contributed by atoms with Gasteiger partial charge in [0.2, 0.25) is 0 Å². The zero-order chi connectivity index (χ0) is 13.1. The highest BCUT2D eigenvalue weighted by atomic mass is 15.4. The van der Waals surface area contributed by atoms with E-state index in [0.717, 1.165) is 23.4 Å². The largest absolute Gasteiger partial charge is 0.247 e. The molecule has 0 radical (unpaired) electrons. The fourth-order valence-electron chi connectivity index (χ4n) is 2.26. The predicted molar refractivity (Wildman–Crippen MR) is 75.7 cm³/mol. The molecule has 3 heteroatoms. The summed E-state index contributed by atoms with van der Waals surface area (Å²) < 4.78 is 1.84. The molecule has 3 rings (SSSR count). The predicted octanol–water partition coefficient (Wildman–Crippen LogP) is 3.07. The standard InChI is InChI=1S/C16H15N3/c1-19-16(14-10-6-3-7-11-14)15(17-18-19)12-13-8-4-2-5-9-13/h2-11H,12H2,1H3. The number of hydrogen-bond acceptors (Lipinski definition) is 2. The van der Waals surface area contributed by atoms with E-state index in [1.54, 1.807) is 0 Å². The third kappa shape index (κ3) is 2.40. The Bertz CT molecular complexity index is 657. The molecular weight excluding hydrogens is 234 g/mol. The summed E-state index contributed by atoms with van der Waals surface area (Å²) in [5, 5.41) is 8.46. The van der Waals surface area contributed by atoms with Crippen LogP contribution in [0.2, 0.25) is 0 Å². The average Bonchev–Trinajstić information content (AvgIpc) is 2.82. The third-order valence-corrected chi connectivity index (χ3v) is 3.16. The average molecular weight is 249 g/mol. The lowest BCUT2D eigenvalue weighted by Gasteiger charge is -2.04. The Hall–Kier alpha value is -2.42. The molecule has 3 nitrogen and oxygen atoms in total. The molecule has 2 aromatic carbocycles. The highest BCUT2D eigenvalue weighted by molar-refractivity contribution is 5.62. The van der Waals surface area contributed by atoms with Gasteiger partial charge in [-0.1, -0.05) is 65.9 Å². The molecule has 0 fully saturated rings. The van der Waals surface area contributed by atoms with Crippen LogP contribution in [0.15, 0.2) is 60.7 Å². The molecule has 0 saturated carbocycles. The first-order valence-electron chi connectivity index (χ1n) is 6.32. The number of aryl methyl sites for hydroxylation is 1. The second kappa shape index (κ2) is 5.06. The van der Waals surface area contributed by atoms with Crippen molar-refractivity contribution >= 4 is 0 Å². The number of nitrogens with zero attached hydrogens (tertiary/aromatic N) is 3. The molecule has 0 bridgehead atoms. The van der Waals surface area contributed by atoms with Gasteiger partial charge in [-0.25, -0.2) is 4.68 Å². The molecule has 19 heavy (non-hydrogen) atoms. The number of benzene rings is 2. The molecule has 0 amide bonds. The highest BCUT2D eigenvalue weighted by Gasteiger charge is 2.12. The second-order valence-electron chi connectivity index (χ2n) is 4.54. The fraction of sp³-hybridized carbons (Fsp3) is 0.125. The minimum Gasteiger partial charge on any atom is -0.247 e. The molecule has 0 aliphatic rings. The van der Waals surface area contributed by atoms with Crippen molar-refractivity contribution in [1.29, 1.82) is 0 Å². The molecule has 1 heterocycles. The van der Waals surface area contributed by atoms with E-state index in [4.69, 9.17) is 0 Å². The van der Waals surface area contributed by atoms with Crippen molar-refractivity contribution in [3.8, 4) is 11.3 Å². The Kier molecular flexibility index (Phi) is 3.11. The Morgan fingerprint density at radius 3 is 2.21 bits per heavy atom. The van der Waals surface area contributed by atoms with Gasteiger partial charge in [0.25, 0.3) is 0 Å². The van der Waals surface area contributed by atoms with E-state index in [1.807, 2.05) is 48.1 Å². The molecule has 0 aliphatic carbocycles. The minimum atomic E-state index is 0.804. The lowest BCUT2D eigenvalue weighted by molar-refractivity contribution is 0.719. The lowest BCUT2D eigenvalue weighted by Crippen LogP contribution is -1.96. The maximum Gasteiger partial charge on any atom is 0.0950 e. The van der Waals surface area contributed by atoms with Gasteiger partial charge in [0.1, 0.15) is 0 Å². The van der Waals surface area contributed by atoms with Crippen molar-refractivity contribution in [2.75, 3.05) is 0 Å². The van der Waals surface area contributed by atoms with Crippen LogP contribution in [0.1, 0.15) is 11.3 Å². The van der Waals surface area contributed by atoms with Crippen LogP contribution in [0, 0.1) is 0 Å². The summed E-state index contributed by atoms with van der Waals surface area (Å²) in [5.74, 6) is 0. The Balaban J connectivity index is 2.00. The summed E-state index contributed by atoms with van der Waals surface area (Å²) >= 11 is 0. The quantitative estimate of drug-likeness (QED) is 0.714. The topological polar surface area (TPSA) is 30.7 Å². The van der Waals surface area contributed by atoms with E-state index in [9.17, 15) is 0 Å². The van der Waals surface area contributed by atoms with E-state index >= 15 is 0 Å². The fourth-order valence-corrected chi connectivity index (χ4v) is 2.26. The van der Waals surface area contributed by atoms with Gasteiger partial charge in [0.15, 0.2) is 0 Å². The number of hydrogen-bond donors (Lipinski definition) is 0. The van der Waals surface area contributed by atoms with E-state index in [2.05, 4.69) is 34.6 Å². The summed E-state index contributed by atoms with van der Waals surface area (Å²) in [5.41, 5.74) is 4.51. The monoisotopic (exact) mass is 249 g/mol. The van der Waals surface area contributed by atoms with Crippen molar-refractivity contribution in [2.45, 2.75) is 6.42 Å². The molecule has 1 aromatic heterocycles. The van der Waals surface area contributed by atoms with Crippen molar-refractivity contribution in [3.63, 3.8) is 0 Å². The van der Waals surface area contributed by atoms with Crippen molar-refractivity contribution in [2.24, 2.45) is 7.05 Å². The van der Waals surface area contributed by atoms with E-state index < -0.39 is 0 Å². The van der Waals surface area contributed by atoms with Crippen LogP contribution in [0.25, 0.3) is 11.3 Å². The molecule has 0 unspecified atom stereocenters. The Morgan fingerprint density at radius 2 is 1.53 bits per heavy atom. The van der Waals surface area contributed by atoms with Gasteiger partial charge < -0.3 is 0 Å². The van der Waals surface area contributed by atoms with E-state index in [-0.39, 0.29) is 0 Å². The SMILES string of the molecule is Cn1nnc(Cc2ccccc2)c1-c1ccccc1. The molecule has 0 atom stereocenters. The molecule has 94 valence electrons. The molecule has 0 aliphatic heterocycles. The smallest absolute Gasteiger partial charge is 0.0950 e. The zero-order valence-electron chi connectivity index (χ0n) is 10.8. The first-order chi connectivity index (χ1) is 9.34. The van der Waals surface area contributed by atoms with Crippen LogP contribution < -0.4 is 0 Å². The first kappa shape index (κ1) is 11.7. The van der Waals surface area contributed by atoms with Gasteiger partial charge in [-0.15, -0.1) is 5.10 Å². The number of aromatic nitrogens is 3. The Morgan fingerprint density at radius 1 is 0.895 bits per heavy atom. The van der Waals surface area contributed by atoms with Crippen LogP contribution >= 0.6 is 0 Å². The summed E-state index contributed by atoms with van der Waals surface area (Å²) in [7, 11) is 1.93. The summed E-state index contributed by atoms with van der Waals surface area (Å²) in [6, 6.07) is 20.6.